The molecule has 29 heavy (non-hydrogen) atoms. The summed E-state index contributed by atoms with van der Waals surface area (Å²) in [5.74, 6) is 0.126. The summed E-state index contributed by atoms with van der Waals surface area (Å²) in [6.07, 6.45) is 4.10. The molecule has 0 amide bonds. The highest BCUT2D eigenvalue weighted by Crippen LogP contribution is 2.27. The van der Waals surface area contributed by atoms with Crippen LogP contribution in [0.5, 0.6) is 0 Å². The Bertz CT molecular complexity index is 1250. The molecule has 1 fully saturated rings. The number of rotatable bonds is 5. The highest BCUT2D eigenvalue weighted by molar-refractivity contribution is 5.81. The van der Waals surface area contributed by atoms with Crippen molar-refractivity contribution in [3.63, 3.8) is 0 Å². The minimum atomic E-state index is -0.414. The molecule has 5 rings (SSSR count). The summed E-state index contributed by atoms with van der Waals surface area (Å²) >= 11 is 0. The number of halogens is 1. The predicted molar refractivity (Wildman–Crippen MR) is 102 cm³/mol. The molecular weight excluding hydrogens is 379 g/mol. The Morgan fingerprint density at radius 3 is 3.03 bits per heavy atom. The zero-order valence-electron chi connectivity index (χ0n) is 15.8. The number of imidazole rings is 1. The lowest BCUT2D eigenvalue weighted by Gasteiger charge is -2.13. The average molecular weight is 398 g/mol. The van der Waals surface area contributed by atoms with Crippen molar-refractivity contribution in [3.8, 4) is 5.82 Å². The van der Waals surface area contributed by atoms with E-state index < -0.39 is 5.82 Å². The Balaban J connectivity index is 1.79. The largest absolute Gasteiger partial charge is 0.383 e. The van der Waals surface area contributed by atoms with Crippen LogP contribution in [-0.4, -0.2) is 55.9 Å². The van der Waals surface area contributed by atoms with Crippen LogP contribution in [0.1, 0.15) is 18.0 Å². The molecular formula is C19H19FN6O3. The molecule has 9 nitrogen and oxygen atoms in total. The van der Waals surface area contributed by atoms with Crippen LogP contribution >= 0.6 is 0 Å². The summed E-state index contributed by atoms with van der Waals surface area (Å²) in [6.45, 7) is 1.87. The third kappa shape index (κ3) is 2.83. The number of nitrogens with zero attached hydrogens (tertiary/aromatic N) is 6. The molecule has 1 atom stereocenters. The molecule has 4 aromatic rings. The number of benzene rings is 1. The molecule has 0 saturated carbocycles. The van der Waals surface area contributed by atoms with Gasteiger partial charge in [-0.25, -0.2) is 9.37 Å². The third-order valence-corrected chi connectivity index (χ3v) is 5.33. The molecule has 0 aliphatic carbocycles. The van der Waals surface area contributed by atoms with Gasteiger partial charge in [0.05, 0.1) is 36.1 Å². The van der Waals surface area contributed by atoms with Crippen molar-refractivity contribution < 1.29 is 13.9 Å². The lowest BCUT2D eigenvalue weighted by Crippen LogP contribution is -2.25. The first kappa shape index (κ1) is 18.0. The summed E-state index contributed by atoms with van der Waals surface area (Å²) in [5, 5.41) is 8.22. The highest BCUT2D eigenvalue weighted by atomic mass is 19.1. The molecule has 1 aliphatic rings. The van der Waals surface area contributed by atoms with Crippen LogP contribution in [0, 0.1) is 5.82 Å². The van der Waals surface area contributed by atoms with Gasteiger partial charge in [0.1, 0.15) is 12.1 Å². The van der Waals surface area contributed by atoms with Crippen molar-refractivity contribution >= 4 is 16.6 Å². The van der Waals surface area contributed by atoms with Crippen molar-refractivity contribution in [2.24, 2.45) is 0 Å². The fourth-order valence-electron chi connectivity index (χ4n) is 3.89. The molecule has 1 saturated heterocycles. The molecule has 3 aromatic heterocycles. The molecule has 10 heteroatoms. The van der Waals surface area contributed by atoms with Gasteiger partial charge in [0.2, 0.25) is 0 Å². The van der Waals surface area contributed by atoms with E-state index in [9.17, 15) is 9.18 Å². The lowest BCUT2D eigenvalue weighted by atomic mass is 10.1. The van der Waals surface area contributed by atoms with Crippen LogP contribution in [0.25, 0.3) is 22.4 Å². The Morgan fingerprint density at radius 2 is 2.24 bits per heavy atom. The van der Waals surface area contributed by atoms with Crippen molar-refractivity contribution in [1.29, 1.82) is 0 Å². The molecule has 1 unspecified atom stereocenters. The second kappa shape index (κ2) is 7.05. The van der Waals surface area contributed by atoms with Crippen molar-refractivity contribution in [3.05, 3.63) is 52.6 Å². The fraction of sp³-hybridized carbons (Fsp3) is 0.368. The van der Waals surface area contributed by atoms with E-state index in [2.05, 4.69) is 15.3 Å². The average Bonchev–Trinajstić information content (AvgIpc) is 3.46. The van der Waals surface area contributed by atoms with Gasteiger partial charge < -0.3 is 14.0 Å². The van der Waals surface area contributed by atoms with Crippen molar-refractivity contribution in [2.75, 3.05) is 26.9 Å². The highest BCUT2D eigenvalue weighted by Gasteiger charge is 2.26. The molecule has 0 spiro atoms. The second-order valence-corrected chi connectivity index (χ2v) is 7.00. The first-order chi connectivity index (χ1) is 14.2. The van der Waals surface area contributed by atoms with Crippen LogP contribution < -0.4 is 5.56 Å². The number of aromatic nitrogens is 6. The Morgan fingerprint density at radius 1 is 1.34 bits per heavy atom. The summed E-state index contributed by atoms with van der Waals surface area (Å²) in [6, 6.07) is 4.35. The quantitative estimate of drug-likeness (QED) is 0.507. The first-order valence-electron chi connectivity index (χ1n) is 9.36. The summed E-state index contributed by atoms with van der Waals surface area (Å²) < 4.78 is 29.3. The maximum absolute atomic E-state index is 13.9. The van der Waals surface area contributed by atoms with Gasteiger partial charge >= 0.3 is 0 Å². The van der Waals surface area contributed by atoms with Gasteiger partial charge in [-0.2, -0.15) is 4.68 Å². The molecule has 0 bridgehead atoms. The van der Waals surface area contributed by atoms with Crippen LogP contribution in [-0.2, 0) is 16.0 Å². The smallest absolute Gasteiger partial charge is 0.279 e. The van der Waals surface area contributed by atoms with E-state index in [1.165, 1.54) is 16.7 Å². The van der Waals surface area contributed by atoms with E-state index in [-0.39, 0.29) is 18.0 Å². The van der Waals surface area contributed by atoms with Gasteiger partial charge in [0.25, 0.3) is 5.56 Å². The van der Waals surface area contributed by atoms with Gasteiger partial charge in [0, 0.05) is 26.2 Å². The number of ether oxygens (including phenoxy) is 2. The summed E-state index contributed by atoms with van der Waals surface area (Å²) in [7, 11) is 1.56. The fourth-order valence-corrected chi connectivity index (χ4v) is 3.89. The second-order valence-electron chi connectivity index (χ2n) is 7.00. The SMILES string of the molecule is COCCn1c(=O)c2c(-n3nncc3C3CCOC3)ncn2c2ccc(F)cc21. The van der Waals surface area contributed by atoms with E-state index >= 15 is 0 Å². The third-order valence-electron chi connectivity index (χ3n) is 5.33. The monoisotopic (exact) mass is 398 g/mol. The number of methoxy groups -OCH3 is 1. The Kier molecular flexibility index (Phi) is 4.36. The zero-order valence-corrected chi connectivity index (χ0v) is 15.8. The van der Waals surface area contributed by atoms with Gasteiger partial charge in [-0.15, -0.1) is 5.10 Å². The van der Waals surface area contributed by atoms with E-state index in [1.807, 2.05) is 0 Å². The topological polar surface area (TPSA) is 88.5 Å². The van der Waals surface area contributed by atoms with Gasteiger partial charge in [-0.1, -0.05) is 5.21 Å². The Hall–Kier alpha value is -3.11. The normalized spacial score (nSPS) is 17.0. The van der Waals surface area contributed by atoms with Crippen LogP contribution in [0.15, 0.2) is 35.5 Å². The van der Waals surface area contributed by atoms with Crippen LogP contribution in [0.4, 0.5) is 4.39 Å². The Labute approximate surface area is 164 Å². The molecule has 1 aliphatic heterocycles. The van der Waals surface area contributed by atoms with E-state index in [0.717, 1.165) is 12.1 Å². The van der Waals surface area contributed by atoms with E-state index in [1.54, 1.807) is 34.8 Å². The van der Waals surface area contributed by atoms with Crippen molar-refractivity contribution in [1.82, 2.24) is 28.9 Å². The van der Waals surface area contributed by atoms with E-state index in [4.69, 9.17) is 9.47 Å². The molecule has 1 aromatic carbocycles. The van der Waals surface area contributed by atoms with Gasteiger partial charge in [-0.05, 0) is 24.6 Å². The lowest BCUT2D eigenvalue weighted by molar-refractivity contribution is 0.187. The molecule has 0 radical (unpaired) electrons. The van der Waals surface area contributed by atoms with Crippen LogP contribution in [0.3, 0.4) is 0 Å². The summed E-state index contributed by atoms with van der Waals surface area (Å²) in [4.78, 5) is 17.9. The van der Waals surface area contributed by atoms with E-state index in [0.29, 0.717) is 42.2 Å². The zero-order chi connectivity index (χ0) is 20.0. The first-order valence-corrected chi connectivity index (χ1v) is 9.36. The van der Waals surface area contributed by atoms with Crippen molar-refractivity contribution in [2.45, 2.75) is 18.9 Å². The molecule has 150 valence electrons. The summed E-state index contributed by atoms with van der Waals surface area (Å²) in [5.41, 5.74) is 2.06. The maximum atomic E-state index is 13.9. The number of fused-ring (bicyclic) bond motifs is 3. The minimum absolute atomic E-state index is 0.145. The minimum Gasteiger partial charge on any atom is -0.383 e. The molecule has 4 heterocycles. The number of hydrogen-bond donors (Lipinski definition) is 0. The standard InChI is InChI=1S/C19H19FN6O3/c1-28-7-5-24-15-8-13(20)2-3-14(15)25-11-21-18(17(25)19(24)27)26-16(9-22-23-26)12-4-6-29-10-12/h2-3,8-9,11-12H,4-7,10H2,1H3. The number of hydrogen-bond acceptors (Lipinski definition) is 6. The predicted octanol–water partition coefficient (Wildman–Crippen LogP) is 1.52. The van der Waals surface area contributed by atoms with Gasteiger partial charge in [-0.3, -0.25) is 9.20 Å². The van der Waals surface area contributed by atoms with Crippen LogP contribution in [0.2, 0.25) is 0 Å². The molecule has 0 N–H and O–H groups in total. The maximum Gasteiger partial charge on any atom is 0.279 e. The van der Waals surface area contributed by atoms with Gasteiger partial charge in [0.15, 0.2) is 11.3 Å².